The Hall–Kier alpha value is -2.62. The normalized spacial score (nSPS) is 12.8. The summed E-state index contributed by atoms with van der Waals surface area (Å²) in [6.45, 7) is 0. The predicted molar refractivity (Wildman–Crippen MR) is 138 cm³/mol. The van der Waals surface area contributed by atoms with Crippen molar-refractivity contribution in [2.45, 2.75) is 12.2 Å². The van der Waals surface area contributed by atoms with Crippen LogP contribution in [0.5, 0.6) is 11.5 Å². The van der Waals surface area contributed by atoms with Gasteiger partial charge in [-0.05, 0) is 56.3 Å². The van der Waals surface area contributed by atoms with Crippen LogP contribution in [0.25, 0.3) is 0 Å². The van der Waals surface area contributed by atoms with Gasteiger partial charge in [-0.3, -0.25) is 0 Å². The van der Waals surface area contributed by atoms with Crippen molar-refractivity contribution in [3.05, 3.63) is 125 Å². The topological polar surface area (TPSA) is 18.5 Å². The molecule has 0 saturated carbocycles. The van der Waals surface area contributed by atoms with Crippen molar-refractivity contribution in [1.29, 1.82) is 0 Å². The Morgan fingerprint density at radius 1 is 0.421 bits per heavy atom. The molecular formula is C26H12F8I2O2. The van der Waals surface area contributed by atoms with Crippen LogP contribution in [0.2, 0.25) is 0 Å². The Morgan fingerprint density at radius 3 is 0.947 bits per heavy atom. The molecule has 0 aliphatic rings. The lowest BCUT2D eigenvalue weighted by Gasteiger charge is -2.30. The molecule has 0 amide bonds. The summed E-state index contributed by atoms with van der Waals surface area (Å²) in [5.41, 5.74) is 0.151. The molecule has 0 aromatic heterocycles. The molecule has 4 aromatic carbocycles. The molecular weight excluding hydrogens is 750 g/mol. The Morgan fingerprint density at radius 2 is 0.684 bits per heavy atom. The van der Waals surface area contributed by atoms with Crippen LogP contribution < -0.4 is 9.47 Å². The fraction of sp³-hybridized carbons (Fsp3) is 0.0769. The number of halogens is 10. The molecule has 0 aliphatic carbocycles. The monoisotopic (exact) mass is 762 g/mol. The van der Waals surface area contributed by atoms with Gasteiger partial charge in [0.05, 0.1) is 7.14 Å². The van der Waals surface area contributed by atoms with Crippen LogP contribution in [-0.2, 0) is 0 Å². The molecule has 0 spiro atoms. The number of hydrogen-bond donors (Lipinski definition) is 0. The van der Waals surface area contributed by atoms with E-state index in [1.165, 1.54) is 48.5 Å². The maximum atomic E-state index is 14.8. The zero-order valence-electron chi connectivity index (χ0n) is 18.5. The number of rotatable bonds is 7. The van der Waals surface area contributed by atoms with Crippen molar-refractivity contribution in [3.8, 4) is 11.5 Å². The Kier molecular flexibility index (Phi) is 8.69. The lowest BCUT2D eigenvalue weighted by atomic mass is 9.97. The Bertz CT molecular complexity index is 1320. The van der Waals surface area contributed by atoms with E-state index in [1.54, 1.807) is 12.1 Å². The first-order chi connectivity index (χ1) is 18.0. The number of ether oxygens (including phenoxy) is 2. The van der Waals surface area contributed by atoms with Crippen LogP contribution >= 0.6 is 45.2 Å². The van der Waals surface area contributed by atoms with E-state index in [-0.39, 0.29) is 11.1 Å². The summed E-state index contributed by atoms with van der Waals surface area (Å²) < 4.78 is 125. The van der Waals surface area contributed by atoms with Gasteiger partial charge in [0.25, 0.3) is 0 Å². The van der Waals surface area contributed by atoms with Gasteiger partial charge < -0.3 is 9.47 Å². The smallest absolute Gasteiger partial charge is 0.205 e. The molecule has 38 heavy (non-hydrogen) atoms. The summed E-state index contributed by atoms with van der Waals surface area (Å²) in [7, 11) is 0. The van der Waals surface area contributed by atoms with Gasteiger partial charge in [-0.15, -0.1) is 0 Å². The molecule has 0 N–H and O–H groups in total. The summed E-state index contributed by atoms with van der Waals surface area (Å²) in [6, 6.07) is 14.5. The van der Waals surface area contributed by atoms with Gasteiger partial charge in [0, 0.05) is 0 Å². The van der Waals surface area contributed by atoms with Gasteiger partial charge in [0.2, 0.25) is 23.3 Å². The zero-order chi connectivity index (χ0) is 27.7. The van der Waals surface area contributed by atoms with E-state index in [9.17, 15) is 35.1 Å². The maximum absolute atomic E-state index is 14.8. The Balaban J connectivity index is 1.94. The van der Waals surface area contributed by atoms with E-state index in [4.69, 9.17) is 9.47 Å². The van der Waals surface area contributed by atoms with Crippen molar-refractivity contribution in [2.24, 2.45) is 0 Å². The number of benzene rings is 4. The quantitative estimate of drug-likeness (QED) is 0.0811. The largest absolute Gasteiger partial charge is 0.475 e. The van der Waals surface area contributed by atoms with Crippen molar-refractivity contribution in [1.82, 2.24) is 0 Å². The van der Waals surface area contributed by atoms with Gasteiger partial charge in [0.1, 0.15) is 0 Å². The summed E-state index contributed by atoms with van der Waals surface area (Å²) in [4.78, 5) is 0. The molecule has 0 bridgehead atoms. The highest BCUT2D eigenvalue weighted by atomic mass is 127. The molecule has 4 aromatic rings. The van der Waals surface area contributed by atoms with E-state index >= 15 is 0 Å². The van der Waals surface area contributed by atoms with Crippen LogP contribution in [0.15, 0.2) is 60.7 Å². The highest BCUT2D eigenvalue weighted by molar-refractivity contribution is 14.1. The molecule has 0 saturated heterocycles. The fourth-order valence-corrected chi connectivity index (χ4v) is 4.47. The maximum Gasteiger partial charge on any atom is 0.205 e. The summed E-state index contributed by atoms with van der Waals surface area (Å²) in [5.74, 6) is -17.4. The van der Waals surface area contributed by atoms with E-state index < -0.39 is 77.4 Å². The molecule has 0 fully saturated rings. The minimum Gasteiger partial charge on any atom is -0.475 e. The van der Waals surface area contributed by atoms with E-state index in [2.05, 4.69) is 0 Å². The van der Waals surface area contributed by atoms with Gasteiger partial charge in [-0.2, -0.15) is 17.6 Å². The van der Waals surface area contributed by atoms with Crippen molar-refractivity contribution < 1.29 is 44.6 Å². The minimum absolute atomic E-state index is 0.0757. The van der Waals surface area contributed by atoms with E-state index in [0.29, 0.717) is 0 Å². The van der Waals surface area contributed by atoms with E-state index in [1.807, 2.05) is 0 Å². The molecule has 2 atom stereocenters. The fourth-order valence-electron chi connectivity index (χ4n) is 3.53. The average molecular weight is 762 g/mol. The van der Waals surface area contributed by atoms with Gasteiger partial charge in [0.15, 0.2) is 47.0 Å². The minimum atomic E-state index is -1.87. The molecule has 2 nitrogen and oxygen atoms in total. The molecule has 0 aliphatic heterocycles. The van der Waals surface area contributed by atoms with Crippen molar-refractivity contribution in [2.75, 3.05) is 0 Å². The van der Waals surface area contributed by atoms with Gasteiger partial charge in [-0.1, -0.05) is 60.7 Å². The van der Waals surface area contributed by atoms with Gasteiger partial charge >= 0.3 is 0 Å². The second-order valence-corrected chi connectivity index (χ2v) is 9.85. The molecule has 0 unspecified atom stereocenters. The number of hydrogen-bond acceptors (Lipinski definition) is 2. The molecule has 198 valence electrons. The predicted octanol–water partition coefficient (Wildman–Crippen LogP) is 8.95. The second kappa shape index (κ2) is 11.6. The third-order valence-electron chi connectivity index (χ3n) is 5.36. The second-order valence-electron chi connectivity index (χ2n) is 7.70. The summed E-state index contributed by atoms with van der Waals surface area (Å²) >= 11 is 2.14. The lowest BCUT2D eigenvalue weighted by molar-refractivity contribution is 0.0392. The van der Waals surface area contributed by atoms with E-state index in [0.717, 1.165) is 45.2 Å². The molecule has 4 rings (SSSR count). The van der Waals surface area contributed by atoms with Crippen LogP contribution in [0.1, 0.15) is 23.3 Å². The first-order valence-corrected chi connectivity index (χ1v) is 12.7. The third kappa shape index (κ3) is 5.28. The Labute approximate surface area is 237 Å². The molecule has 12 heteroatoms. The zero-order valence-corrected chi connectivity index (χ0v) is 22.8. The van der Waals surface area contributed by atoms with Crippen LogP contribution in [0, 0.1) is 53.7 Å². The average Bonchev–Trinajstić information content (AvgIpc) is 2.94. The van der Waals surface area contributed by atoms with Crippen LogP contribution in [0.4, 0.5) is 35.1 Å². The first kappa shape index (κ1) is 28.4. The van der Waals surface area contributed by atoms with Crippen LogP contribution in [0.3, 0.4) is 0 Å². The standard InChI is InChI=1S/C26H12F8I2O2/c27-13-17(31)25(18(32)14(28)21(13)35)37-23(11-7-3-1-4-8-11)24(12-9-5-2-6-10-12)38-26-19(33)15(29)22(36)16(30)20(26)34/h1-10,23-24H/t23-,24-/m1/s1. The highest BCUT2D eigenvalue weighted by Crippen LogP contribution is 2.42. The summed E-state index contributed by atoms with van der Waals surface area (Å²) in [6.07, 6.45) is -3.49. The van der Waals surface area contributed by atoms with Crippen molar-refractivity contribution in [3.63, 3.8) is 0 Å². The van der Waals surface area contributed by atoms with Crippen LogP contribution in [-0.4, -0.2) is 0 Å². The summed E-state index contributed by atoms with van der Waals surface area (Å²) in [5, 5.41) is 0. The molecule has 0 radical (unpaired) electrons. The van der Waals surface area contributed by atoms with Crippen molar-refractivity contribution >= 4 is 45.2 Å². The lowest BCUT2D eigenvalue weighted by Crippen LogP contribution is -2.25. The van der Waals surface area contributed by atoms with Gasteiger partial charge in [-0.25, -0.2) is 17.6 Å². The molecule has 0 heterocycles. The SMILES string of the molecule is Fc1c(F)c(O[C@H](c2ccccc2)[C@H](Oc2c(F)c(F)c(I)c(F)c2F)c2ccccc2)c(F)c(F)c1I. The first-order valence-electron chi connectivity index (χ1n) is 10.5. The highest BCUT2D eigenvalue weighted by Gasteiger charge is 2.36. The third-order valence-corrected chi connectivity index (χ3v) is 7.25.